The number of piperidine rings is 1. The second kappa shape index (κ2) is 13.7. The van der Waals surface area contributed by atoms with E-state index >= 15 is 0 Å². The zero-order valence-electron chi connectivity index (χ0n) is 19.5. The molecule has 0 radical (unpaired) electrons. The SMILES string of the molecule is CN=C(NCCN1CCN(Cc2ccccc2)CC1)N1CCC(OCCCOC)CC1. The van der Waals surface area contributed by atoms with Gasteiger partial charge in [-0.25, -0.2) is 0 Å². The predicted octanol–water partition coefficient (Wildman–Crippen LogP) is 1.90. The van der Waals surface area contributed by atoms with E-state index in [2.05, 4.69) is 55.3 Å². The number of aliphatic imine (C=N–C) groups is 1. The van der Waals surface area contributed by atoms with Crippen molar-refractivity contribution in [2.24, 2.45) is 4.99 Å². The number of rotatable bonds is 10. The summed E-state index contributed by atoms with van der Waals surface area (Å²) in [6.07, 6.45) is 3.48. The number of benzene rings is 1. The molecule has 1 aromatic rings. The Labute approximate surface area is 188 Å². The maximum atomic E-state index is 5.98. The minimum Gasteiger partial charge on any atom is -0.385 e. The van der Waals surface area contributed by atoms with Gasteiger partial charge in [0, 0.05) is 86.3 Å². The van der Waals surface area contributed by atoms with Crippen LogP contribution in [0.3, 0.4) is 0 Å². The number of likely N-dealkylation sites (tertiary alicyclic amines) is 1. The molecule has 0 aromatic heterocycles. The molecule has 31 heavy (non-hydrogen) atoms. The van der Waals surface area contributed by atoms with Crippen LogP contribution in [-0.4, -0.2) is 106 Å². The summed E-state index contributed by atoms with van der Waals surface area (Å²) in [5.74, 6) is 1.03. The standard InChI is InChI=1S/C24H41N5O2/c1-25-24(29-12-9-23(10-13-29)31-20-6-19-30-2)26-11-14-27-15-17-28(18-16-27)21-22-7-4-3-5-8-22/h3-5,7-8,23H,6,9-21H2,1-2H3,(H,25,26). The van der Waals surface area contributed by atoms with Crippen molar-refractivity contribution < 1.29 is 9.47 Å². The Balaban J connectivity index is 1.28. The molecule has 0 spiro atoms. The van der Waals surface area contributed by atoms with Gasteiger partial charge in [-0.05, 0) is 24.8 Å². The minimum atomic E-state index is 0.374. The molecule has 0 unspecified atom stereocenters. The second-order valence-electron chi connectivity index (χ2n) is 8.48. The van der Waals surface area contributed by atoms with Gasteiger partial charge in [-0.1, -0.05) is 30.3 Å². The van der Waals surface area contributed by atoms with Crippen LogP contribution in [0.5, 0.6) is 0 Å². The third-order valence-electron chi connectivity index (χ3n) is 6.22. The Morgan fingerprint density at radius 1 is 1.00 bits per heavy atom. The molecule has 0 aliphatic carbocycles. The van der Waals surface area contributed by atoms with Crippen molar-refractivity contribution >= 4 is 5.96 Å². The van der Waals surface area contributed by atoms with E-state index in [1.165, 1.54) is 5.56 Å². The highest BCUT2D eigenvalue weighted by Crippen LogP contribution is 2.14. The molecule has 1 N–H and O–H groups in total. The Bertz CT molecular complexity index is 626. The Morgan fingerprint density at radius 3 is 2.39 bits per heavy atom. The third-order valence-corrected chi connectivity index (χ3v) is 6.22. The Morgan fingerprint density at radius 2 is 1.71 bits per heavy atom. The molecule has 7 nitrogen and oxygen atoms in total. The monoisotopic (exact) mass is 431 g/mol. The van der Waals surface area contributed by atoms with Crippen LogP contribution >= 0.6 is 0 Å². The summed E-state index contributed by atoms with van der Waals surface area (Å²) in [4.78, 5) is 12.0. The summed E-state index contributed by atoms with van der Waals surface area (Å²) in [7, 11) is 3.63. The highest BCUT2D eigenvalue weighted by Gasteiger charge is 2.22. The quantitative estimate of drug-likeness (QED) is 0.347. The van der Waals surface area contributed by atoms with E-state index in [1.807, 2.05) is 7.05 Å². The van der Waals surface area contributed by atoms with E-state index in [-0.39, 0.29) is 0 Å². The first kappa shape index (κ1) is 24.0. The van der Waals surface area contributed by atoms with Crippen molar-refractivity contribution in [3.05, 3.63) is 35.9 Å². The minimum absolute atomic E-state index is 0.374. The van der Waals surface area contributed by atoms with Gasteiger partial charge < -0.3 is 19.7 Å². The smallest absolute Gasteiger partial charge is 0.193 e. The highest BCUT2D eigenvalue weighted by atomic mass is 16.5. The molecule has 0 saturated carbocycles. The van der Waals surface area contributed by atoms with Crippen molar-refractivity contribution in [1.82, 2.24) is 20.0 Å². The lowest BCUT2D eigenvalue weighted by Gasteiger charge is -2.36. The predicted molar refractivity (Wildman–Crippen MR) is 127 cm³/mol. The Hall–Kier alpha value is -1.67. The van der Waals surface area contributed by atoms with Gasteiger partial charge in [0.15, 0.2) is 5.96 Å². The summed E-state index contributed by atoms with van der Waals surface area (Å²) < 4.78 is 11.1. The number of hydrogen-bond donors (Lipinski definition) is 1. The molecular formula is C24H41N5O2. The fraction of sp³-hybridized carbons (Fsp3) is 0.708. The van der Waals surface area contributed by atoms with E-state index in [0.29, 0.717) is 6.10 Å². The summed E-state index contributed by atoms with van der Waals surface area (Å²) in [6, 6.07) is 10.8. The number of piperazine rings is 1. The number of guanidine groups is 1. The normalized spacial score (nSPS) is 19.7. The fourth-order valence-electron chi connectivity index (χ4n) is 4.36. The topological polar surface area (TPSA) is 52.6 Å². The van der Waals surface area contributed by atoms with Gasteiger partial charge in [-0.15, -0.1) is 0 Å². The van der Waals surface area contributed by atoms with Crippen LogP contribution in [0.25, 0.3) is 0 Å². The van der Waals surface area contributed by atoms with Gasteiger partial charge in [0.2, 0.25) is 0 Å². The van der Waals surface area contributed by atoms with Crippen LogP contribution in [0.4, 0.5) is 0 Å². The van der Waals surface area contributed by atoms with Crippen LogP contribution < -0.4 is 5.32 Å². The second-order valence-corrected chi connectivity index (χ2v) is 8.48. The average Bonchev–Trinajstić information content (AvgIpc) is 2.82. The molecule has 2 aliphatic heterocycles. The van der Waals surface area contributed by atoms with Gasteiger partial charge in [-0.2, -0.15) is 0 Å². The summed E-state index contributed by atoms with van der Waals surface area (Å²) in [5.41, 5.74) is 1.41. The third kappa shape index (κ3) is 8.41. The van der Waals surface area contributed by atoms with Gasteiger partial charge in [0.25, 0.3) is 0 Å². The molecule has 2 fully saturated rings. The first-order valence-corrected chi connectivity index (χ1v) is 11.8. The van der Waals surface area contributed by atoms with Gasteiger partial charge in [0.1, 0.15) is 0 Å². The van der Waals surface area contributed by atoms with Crippen LogP contribution in [-0.2, 0) is 16.0 Å². The maximum Gasteiger partial charge on any atom is 0.193 e. The van der Waals surface area contributed by atoms with Crippen LogP contribution in [0.15, 0.2) is 35.3 Å². The molecule has 2 saturated heterocycles. The summed E-state index contributed by atoms with van der Waals surface area (Å²) in [5, 5.41) is 3.58. The number of nitrogens with one attached hydrogen (secondary N) is 1. The summed E-state index contributed by atoms with van der Waals surface area (Å²) >= 11 is 0. The first-order chi connectivity index (χ1) is 15.3. The van der Waals surface area contributed by atoms with E-state index in [0.717, 1.165) is 97.3 Å². The molecular weight excluding hydrogens is 390 g/mol. The Kier molecular flexibility index (Phi) is 10.6. The van der Waals surface area contributed by atoms with Gasteiger partial charge >= 0.3 is 0 Å². The largest absolute Gasteiger partial charge is 0.385 e. The van der Waals surface area contributed by atoms with E-state index in [9.17, 15) is 0 Å². The zero-order valence-corrected chi connectivity index (χ0v) is 19.5. The van der Waals surface area contributed by atoms with E-state index in [4.69, 9.17) is 9.47 Å². The molecule has 2 heterocycles. The number of hydrogen-bond acceptors (Lipinski definition) is 5. The molecule has 1 aromatic carbocycles. The van der Waals surface area contributed by atoms with Crippen LogP contribution in [0.1, 0.15) is 24.8 Å². The number of nitrogens with zero attached hydrogens (tertiary/aromatic N) is 4. The van der Waals surface area contributed by atoms with Crippen molar-refractivity contribution in [3.8, 4) is 0 Å². The van der Waals surface area contributed by atoms with Crippen molar-refractivity contribution in [2.45, 2.75) is 31.9 Å². The lowest BCUT2D eigenvalue weighted by Crippen LogP contribution is -2.50. The molecule has 0 bridgehead atoms. The van der Waals surface area contributed by atoms with Gasteiger partial charge in [-0.3, -0.25) is 14.8 Å². The zero-order chi connectivity index (χ0) is 21.7. The summed E-state index contributed by atoms with van der Waals surface area (Å²) in [6.45, 7) is 11.2. The number of methoxy groups -OCH3 is 1. The lowest BCUT2D eigenvalue weighted by atomic mass is 10.1. The van der Waals surface area contributed by atoms with Crippen molar-refractivity contribution in [1.29, 1.82) is 0 Å². The first-order valence-electron chi connectivity index (χ1n) is 11.8. The molecule has 2 aliphatic rings. The lowest BCUT2D eigenvalue weighted by molar-refractivity contribution is 0.00988. The van der Waals surface area contributed by atoms with Crippen LogP contribution in [0, 0.1) is 0 Å². The highest BCUT2D eigenvalue weighted by molar-refractivity contribution is 5.79. The van der Waals surface area contributed by atoms with Gasteiger partial charge in [0.05, 0.1) is 6.10 Å². The van der Waals surface area contributed by atoms with E-state index in [1.54, 1.807) is 7.11 Å². The molecule has 0 atom stereocenters. The average molecular weight is 432 g/mol. The molecule has 0 amide bonds. The molecule has 174 valence electrons. The van der Waals surface area contributed by atoms with Crippen LogP contribution in [0.2, 0.25) is 0 Å². The molecule has 3 rings (SSSR count). The fourth-order valence-corrected chi connectivity index (χ4v) is 4.36. The van der Waals surface area contributed by atoms with E-state index < -0.39 is 0 Å². The van der Waals surface area contributed by atoms with Crippen molar-refractivity contribution in [3.63, 3.8) is 0 Å². The van der Waals surface area contributed by atoms with Crippen molar-refractivity contribution in [2.75, 3.05) is 79.7 Å². The molecule has 7 heteroatoms. The number of ether oxygens (including phenoxy) is 2. The maximum absolute atomic E-state index is 5.98.